The van der Waals surface area contributed by atoms with Gasteiger partial charge in [-0.25, -0.2) is 0 Å². The van der Waals surface area contributed by atoms with E-state index < -0.39 is 0 Å². The summed E-state index contributed by atoms with van der Waals surface area (Å²) < 4.78 is 21.3. The van der Waals surface area contributed by atoms with Gasteiger partial charge in [0.2, 0.25) is 0 Å². The fourth-order valence-electron chi connectivity index (χ4n) is 3.20. The molecule has 3 rings (SSSR count). The van der Waals surface area contributed by atoms with Crippen molar-refractivity contribution in [2.75, 3.05) is 40.3 Å². The molecule has 0 amide bonds. The number of anilines is 1. The maximum atomic E-state index is 12.6. The third kappa shape index (κ3) is 5.00. The van der Waals surface area contributed by atoms with Crippen LogP contribution in [0.15, 0.2) is 41.2 Å². The van der Waals surface area contributed by atoms with E-state index in [1.807, 2.05) is 24.3 Å². The highest BCUT2D eigenvalue weighted by atomic mass is 32.1. The van der Waals surface area contributed by atoms with Crippen LogP contribution in [-0.2, 0) is 6.42 Å². The number of pyridine rings is 1. The minimum Gasteiger partial charge on any atom is -0.497 e. The van der Waals surface area contributed by atoms with Gasteiger partial charge in [0.1, 0.15) is 23.0 Å². The number of aromatic nitrogens is 1. The number of aromatic amines is 1. The molecule has 8 nitrogen and oxygen atoms in total. The number of benzene rings is 2. The van der Waals surface area contributed by atoms with Crippen molar-refractivity contribution in [3.63, 3.8) is 0 Å². The van der Waals surface area contributed by atoms with Gasteiger partial charge in [0.15, 0.2) is 5.11 Å². The molecule has 0 unspecified atom stereocenters. The van der Waals surface area contributed by atoms with E-state index in [2.05, 4.69) is 15.6 Å². The van der Waals surface area contributed by atoms with E-state index in [1.54, 1.807) is 40.6 Å². The number of thiocarbonyl (C=S) groups is 1. The van der Waals surface area contributed by atoms with Crippen LogP contribution in [0.25, 0.3) is 10.9 Å². The molecule has 3 aromatic rings. The first-order valence-electron chi connectivity index (χ1n) is 9.54. The number of hydrogen-bond acceptors (Lipinski definition) is 6. The van der Waals surface area contributed by atoms with Crippen molar-refractivity contribution in [1.82, 2.24) is 10.3 Å². The summed E-state index contributed by atoms with van der Waals surface area (Å²) in [4.78, 5) is 15.4. The van der Waals surface area contributed by atoms with Crippen molar-refractivity contribution < 1.29 is 18.9 Å². The Morgan fingerprint density at radius 2 is 1.65 bits per heavy atom. The fraction of sp³-hybridized carbons (Fsp3) is 0.273. The van der Waals surface area contributed by atoms with Gasteiger partial charge in [-0.3, -0.25) is 4.79 Å². The first kappa shape index (κ1) is 22.2. The van der Waals surface area contributed by atoms with Gasteiger partial charge in [-0.2, -0.15) is 0 Å². The SMILES string of the molecule is COc1ccc(NC(=S)NCCc2cc3c(OC)ccc(OC)c3[nH]c2=O)c(OC)c1. The minimum absolute atomic E-state index is 0.184. The summed E-state index contributed by atoms with van der Waals surface area (Å²) in [5.74, 6) is 2.53. The molecule has 9 heteroatoms. The molecule has 3 N–H and O–H groups in total. The monoisotopic (exact) mass is 443 g/mol. The summed E-state index contributed by atoms with van der Waals surface area (Å²) in [5, 5.41) is 7.40. The standard InChI is InChI=1S/C22H25N3O5S/c1-27-14-5-6-16(19(12-14)30-4)24-22(31)23-10-9-13-11-15-17(28-2)7-8-18(29-3)20(15)25-21(13)26/h5-8,11-12H,9-10H2,1-4H3,(H,25,26)(H2,23,24,31). The summed E-state index contributed by atoms with van der Waals surface area (Å²) in [6, 6.07) is 10.8. The highest BCUT2D eigenvalue weighted by Crippen LogP contribution is 2.31. The predicted molar refractivity (Wildman–Crippen MR) is 125 cm³/mol. The van der Waals surface area contributed by atoms with Crippen molar-refractivity contribution in [2.24, 2.45) is 0 Å². The third-order valence-electron chi connectivity index (χ3n) is 4.79. The molecule has 164 valence electrons. The van der Waals surface area contributed by atoms with Crippen LogP contribution in [0.4, 0.5) is 5.69 Å². The number of nitrogens with one attached hydrogen (secondary N) is 3. The van der Waals surface area contributed by atoms with Crippen LogP contribution in [-0.4, -0.2) is 45.1 Å². The molecule has 1 aromatic heterocycles. The molecule has 0 aliphatic rings. The van der Waals surface area contributed by atoms with Crippen molar-refractivity contribution in [3.8, 4) is 23.0 Å². The lowest BCUT2D eigenvalue weighted by Crippen LogP contribution is -2.31. The maximum Gasteiger partial charge on any atom is 0.251 e. The largest absolute Gasteiger partial charge is 0.497 e. The number of methoxy groups -OCH3 is 4. The third-order valence-corrected chi connectivity index (χ3v) is 5.04. The second-order valence-corrected chi connectivity index (χ2v) is 6.99. The summed E-state index contributed by atoms with van der Waals surface area (Å²) in [6.07, 6.45) is 0.465. The molecule has 31 heavy (non-hydrogen) atoms. The van der Waals surface area contributed by atoms with E-state index in [0.717, 1.165) is 5.39 Å². The smallest absolute Gasteiger partial charge is 0.251 e. The lowest BCUT2D eigenvalue weighted by atomic mass is 10.1. The second kappa shape index (κ2) is 10.0. The van der Waals surface area contributed by atoms with E-state index >= 15 is 0 Å². The minimum atomic E-state index is -0.184. The number of fused-ring (bicyclic) bond motifs is 1. The van der Waals surface area contributed by atoms with Gasteiger partial charge in [-0.15, -0.1) is 0 Å². The van der Waals surface area contributed by atoms with Crippen LogP contribution in [0.1, 0.15) is 5.56 Å². The Kier molecular flexibility index (Phi) is 7.19. The second-order valence-electron chi connectivity index (χ2n) is 6.58. The highest BCUT2D eigenvalue weighted by molar-refractivity contribution is 7.80. The Morgan fingerprint density at radius 3 is 2.32 bits per heavy atom. The van der Waals surface area contributed by atoms with Crippen molar-refractivity contribution in [3.05, 3.63) is 52.3 Å². The highest BCUT2D eigenvalue weighted by Gasteiger charge is 2.12. The number of ether oxygens (including phenoxy) is 4. The summed E-state index contributed by atoms with van der Waals surface area (Å²) in [7, 11) is 6.31. The molecule has 0 aliphatic carbocycles. The first-order valence-corrected chi connectivity index (χ1v) is 9.95. The molecule has 0 radical (unpaired) electrons. The molecule has 0 atom stereocenters. The average Bonchev–Trinajstić information content (AvgIpc) is 2.78. The average molecular weight is 444 g/mol. The van der Waals surface area contributed by atoms with Crippen LogP contribution in [0, 0.1) is 0 Å². The summed E-state index contributed by atoms with van der Waals surface area (Å²) in [5.41, 5.74) is 1.74. The molecule has 0 aliphatic heterocycles. The lowest BCUT2D eigenvalue weighted by Gasteiger charge is -2.14. The van der Waals surface area contributed by atoms with E-state index in [9.17, 15) is 4.79 Å². The van der Waals surface area contributed by atoms with Crippen LogP contribution in [0.5, 0.6) is 23.0 Å². The molecule has 0 saturated heterocycles. The Balaban J connectivity index is 1.70. The normalized spacial score (nSPS) is 10.5. The molecular formula is C22H25N3O5S. The number of H-pyrrole nitrogens is 1. The summed E-state index contributed by atoms with van der Waals surface area (Å²) >= 11 is 5.37. The van der Waals surface area contributed by atoms with Crippen molar-refractivity contribution in [2.45, 2.75) is 6.42 Å². The lowest BCUT2D eigenvalue weighted by molar-refractivity contribution is 0.395. The van der Waals surface area contributed by atoms with E-state index in [1.165, 1.54) is 0 Å². The maximum absolute atomic E-state index is 12.6. The van der Waals surface area contributed by atoms with Gasteiger partial charge in [0.25, 0.3) is 5.56 Å². The van der Waals surface area contributed by atoms with Crippen LogP contribution in [0.3, 0.4) is 0 Å². The van der Waals surface area contributed by atoms with Crippen molar-refractivity contribution >= 4 is 33.9 Å². The summed E-state index contributed by atoms with van der Waals surface area (Å²) in [6.45, 7) is 0.463. The van der Waals surface area contributed by atoms with E-state index in [-0.39, 0.29) is 5.56 Å². The Hall–Kier alpha value is -3.46. The Bertz CT molecular complexity index is 1150. The van der Waals surface area contributed by atoms with Gasteiger partial charge in [-0.05, 0) is 49.0 Å². The van der Waals surface area contributed by atoms with Gasteiger partial charge < -0.3 is 34.6 Å². The topological polar surface area (TPSA) is 93.8 Å². The molecule has 0 fully saturated rings. The molecule has 2 aromatic carbocycles. The first-order chi connectivity index (χ1) is 15.0. The molecule has 1 heterocycles. The molecule has 0 bridgehead atoms. The van der Waals surface area contributed by atoms with Crippen LogP contribution >= 0.6 is 12.2 Å². The van der Waals surface area contributed by atoms with E-state index in [0.29, 0.717) is 57.8 Å². The molecular weight excluding hydrogens is 418 g/mol. The number of rotatable bonds is 8. The fourth-order valence-corrected chi connectivity index (χ4v) is 3.41. The number of hydrogen-bond donors (Lipinski definition) is 3. The van der Waals surface area contributed by atoms with E-state index in [4.69, 9.17) is 31.2 Å². The Labute approximate surface area is 185 Å². The quantitative estimate of drug-likeness (QED) is 0.458. The van der Waals surface area contributed by atoms with Crippen LogP contribution in [0.2, 0.25) is 0 Å². The zero-order valence-electron chi connectivity index (χ0n) is 17.8. The van der Waals surface area contributed by atoms with Gasteiger partial charge in [-0.1, -0.05) is 0 Å². The van der Waals surface area contributed by atoms with Gasteiger partial charge >= 0.3 is 0 Å². The molecule has 0 spiro atoms. The van der Waals surface area contributed by atoms with Crippen molar-refractivity contribution in [1.29, 1.82) is 0 Å². The zero-order chi connectivity index (χ0) is 22.4. The zero-order valence-corrected chi connectivity index (χ0v) is 18.6. The van der Waals surface area contributed by atoms with Crippen LogP contribution < -0.4 is 35.1 Å². The molecule has 0 saturated carbocycles. The predicted octanol–water partition coefficient (Wildman–Crippen LogP) is 3.09. The van der Waals surface area contributed by atoms with Gasteiger partial charge in [0, 0.05) is 23.6 Å². The Morgan fingerprint density at radius 1 is 0.935 bits per heavy atom. The van der Waals surface area contributed by atoms with Gasteiger partial charge in [0.05, 0.1) is 39.6 Å².